The van der Waals surface area contributed by atoms with Gasteiger partial charge in [0.05, 0.1) is 21.8 Å². The fraction of sp³-hybridized carbons (Fsp3) is 0.176. The average Bonchev–Trinajstić information content (AvgIpc) is 3.01. The minimum atomic E-state index is -4.43. The quantitative estimate of drug-likeness (QED) is 0.586. The summed E-state index contributed by atoms with van der Waals surface area (Å²) in [5.74, 6) is 0.458. The smallest absolute Gasteiger partial charge is 0.357 e. The number of hydrogen-bond acceptors (Lipinski definition) is 6. The predicted octanol–water partition coefficient (Wildman–Crippen LogP) is 4.61. The summed E-state index contributed by atoms with van der Waals surface area (Å²) in [5.41, 5.74) is 0.777. The molecule has 146 valence electrons. The highest BCUT2D eigenvalue weighted by Crippen LogP contribution is 2.32. The van der Waals surface area contributed by atoms with Crippen molar-refractivity contribution < 1.29 is 18.0 Å². The molecule has 0 bridgehead atoms. The number of alkyl halides is 3. The Balaban J connectivity index is 1.69. The second kappa shape index (κ2) is 7.80. The number of aryl methyl sites for hydroxylation is 1. The molecule has 28 heavy (non-hydrogen) atoms. The van der Waals surface area contributed by atoms with Crippen LogP contribution in [0.15, 0.2) is 36.5 Å². The largest absolute Gasteiger partial charge is 0.416 e. The molecule has 0 saturated heterocycles. The van der Waals surface area contributed by atoms with Gasteiger partial charge in [-0.1, -0.05) is 11.3 Å². The third-order valence-corrected chi connectivity index (χ3v) is 4.69. The van der Waals surface area contributed by atoms with E-state index in [0.29, 0.717) is 22.5 Å². The fourth-order valence-electron chi connectivity index (χ4n) is 2.30. The molecule has 2 heterocycles. The van der Waals surface area contributed by atoms with Crippen molar-refractivity contribution in [3.05, 3.63) is 47.8 Å². The lowest BCUT2D eigenvalue weighted by atomic mass is 10.2. The van der Waals surface area contributed by atoms with Crippen molar-refractivity contribution in [1.29, 1.82) is 0 Å². The number of nitrogens with zero attached hydrogens (tertiary/aromatic N) is 3. The number of aromatic nitrogens is 3. The number of hydrogen-bond donors (Lipinski definition) is 3. The third-order valence-electron chi connectivity index (χ3n) is 3.60. The van der Waals surface area contributed by atoms with E-state index >= 15 is 0 Å². The molecule has 0 unspecified atom stereocenters. The number of halogens is 3. The molecule has 0 saturated carbocycles. The van der Waals surface area contributed by atoms with Crippen LogP contribution in [0.25, 0.3) is 10.6 Å². The van der Waals surface area contributed by atoms with E-state index in [4.69, 9.17) is 0 Å². The molecular weight excluding hydrogens is 393 g/mol. The SMILES string of the molecule is CNc1nccc(-c2sc(NC(=O)Nc3ccc(C(F)(F)F)cc3)nc2C)n1. The maximum atomic E-state index is 12.6. The van der Waals surface area contributed by atoms with Crippen LogP contribution in [0.1, 0.15) is 11.3 Å². The molecule has 0 fully saturated rings. The molecule has 7 nitrogen and oxygen atoms in total. The first-order valence-electron chi connectivity index (χ1n) is 8.00. The van der Waals surface area contributed by atoms with Crippen LogP contribution < -0.4 is 16.0 Å². The molecule has 3 aromatic rings. The Kier molecular flexibility index (Phi) is 5.45. The summed E-state index contributed by atoms with van der Waals surface area (Å²) in [5, 5.41) is 8.22. The first-order chi connectivity index (χ1) is 13.3. The van der Waals surface area contributed by atoms with E-state index in [2.05, 4.69) is 30.9 Å². The number of amides is 2. The van der Waals surface area contributed by atoms with Gasteiger partial charge in [-0.3, -0.25) is 5.32 Å². The van der Waals surface area contributed by atoms with Crippen molar-refractivity contribution in [3.8, 4) is 10.6 Å². The van der Waals surface area contributed by atoms with Crippen molar-refractivity contribution in [1.82, 2.24) is 15.0 Å². The highest BCUT2D eigenvalue weighted by atomic mass is 32.1. The molecule has 0 atom stereocenters. The van der Waals surface area contributed by atoms with E-state index in [0.717, 1.165) is 17.0 Å². The Morgan fingerprint density at radius 2 is 1.79 bits per heavy atom. The molecular formula is C17H15F3N6OS. The lowest BCUT2D eigenvalue weighted by Crippen LogP contribution is -2.19. The van der Waals surface area contributed by atoms with Crippen molar-refractivity contribution in [3.63, 3.8) is 0 Å². The Hall–Kier alpha value is -3.21. The number of carbonyl (C=O) groups excluding carboxylic acids is 1. The van der Waals surface area contributed by atoms with Crippen LogP contribution in [0, 0.1) is 6.92 Å². The summed E-state index contributed by atoms with van der Waals surface area (Å²) in [6.07, 6.45) is -2.82. The van der Waals surface area contributed by atoms with Crippen LogP contribution in [0.4, 0.5) is 34.7 Å². The van der Waals surface area contributed by atoms with Gasteiger partial charge in [0.1, 0.15) is 0 Å². The average molecular weight is 408 g/mol. The second-order valence-electron chi connectivity index (χ2n) is 5.60. The monoisotopic (exact) mass is 408 g/mol. The van der Waals surface area contributed by atoms with Gasteiger partial charge in [-0.15, -0.1) is 0 Å². The molecule has 1 aromatic carbocycles. The number of benzene rings is 1. The zero-order chi connectivity index (χ0) is 20.3. The Morgan fingerprint density at radius 1 is 1.07 bits per heavy atom. The Morgan fingerprint density at radius 3 is 2.43 bits per heavy atom. The first-order valence-corrected chi connectivity index (χ1v) is 8.82. The molecule has 2 aromatic heterocycles. The molecule has 0 aliphatic heterocycles. The van der Waals surface area contributed by atoms with Gasteiger partial charge in [0, 0.05) is 18.9 Å². The van der Waals surface area contributed by atoms with Gasteiger partial charge in [-0.2, -0.15) is 13.2 Å². The van der Waals surface area contributed by atoms with Gasteiger partial charge in [-0.05, 0) is 37.3 Å². The van der Waals surface area contributed by atoms with Crippen LogP contribution in [0.3, 0.4) is 0 Å². The third kappa shape index (κ3) is 4.55. The van der Waals surface area contributed by atoms with Crippen molar-refractivity contribution in [2.24, 2.45) is 0 Å². The van der Waals surface area contributed by atoms with Crippen LogP contribution in [-0.2, 0) is 6.18 Å². The lowest BCUT2D eigenvalue weighted by Gasteiger charge is -2.08. The number of rotatable bonds is 4. The van der Waals surface area contributed by atoms with E-state index in [9.17, 15) is 18.0 Å². The standard InChI is InChI=1S/C17H15F3N6OS/c1-9-13(12-7-8-22-14(21-2)25-12)28-16(23-9)26-15(27)24-11-5-3-10(4-6-11)17(18,19)20/h3-8H,1-2H3,(H,21,22,25)(H2,23,24,26,27). The van der Waals surface area contributed by atoms with E-state index in [1.165, 1.54) is 23.5 Å². The van der Waals surface area contributed by atoms with E-state index in [-0.39, 0.29) is 5.69 Å². The Labute approximate surface area is 162 Å². The van der Waals surface area contributed by atoms with Crippen LogP contribution in [-0.4, -0.2) is 28.0 Å². The molecule has 11 heteroatoms. The molecule has 3 rings (SSSR count). The van der Waals surface area contributed by atoms with Crippen LogP contribution >= 0.6 is 11.3 Å². The van der Waals surface area contributed by atoms with E-state index in [1.807, 2.05) is 0 Å². The summed E-state index contributed by atoms with van der Waals surface area (Å²) in [4.78, 5) is 25.5. The molecule has 0 aliphatic carbocycles. The minimum absolute atomic E-state index is 0.230. The normalized spacial score (nSPS) is 11.2. The zero-order valence-corrected chi connectivity index (χ0v) is 15.6. The predicted molar refractivity (Wildman–Crippen MR) is 102 cm³/mol. The summed E-state index contributed by atoms with van der Waals surface area (Å²) in [6.45, 7) is 1.78. The topological polar surface area (TPSA) is 91.8 Å². The Bertz CT molecular complexity index is 987. The summed E-state index contributed by atoms with van der Waals surface area (Å²) in [7, 11) is 1.71. The lowest BCUT2D eigenvalue weighted by molar-refractivity contribution is -0.137. The van der Waals surface area contributed by atoms with Crippen molar-refractivity contribution in [2.45, 2.75) is 13.1 Å². The van der Waals surface area contributed by atoms with E-state index in [1.54, 1.807) is 26.2 Å². The van der Waals surface area contributed by atoms with Gasteiger partial charge in [0.15, 0.2) is 5.13 Å². The second-order valence-corrected chi connectivity index (χ2v) is 6.60. The van der Waals surface area contributed by atoms with Gasteiger partial charge in [0.25, 0.3) is 0 Å². The summed E-state index contributed by atoms with van der Waals surface area (Å²) in [6, 6.07) is 5.28. The molecule has 0 radical (unpaired) electrons. The van der Waals surface area contributed by atoms with Crippen molar-refractivity contribution >= 4 is 34.1 Å². The number of carbonyl (C=O) groups is 1. The highest BCUT2D eigenvalue weighted by molar-refractivity contribution is 7.19. The highest BCUT2D eigenvalue weighted by Gasteiger charge is 2.30. The number of thiazole rings is 1. The molecule has 0 spiro atoms. The molecule has 0 aliphatic rings. The number of urea groups is 1. The number of nitrogens with one attached hydrogen (secondary N) is 3. The van der Waals surface area contributed by atoms with Crippen molar-refractivity contribution in [2.75, 3.05) is 23.0 Å². The van der Waals surface area contributed by atoms with Crippen LogP contribution in [0.2, 0.25) is 0 Å². The van der Waals surface area contributed by atoms with Gasteiger partial charge < -0.3 is 10.6 Å². The van der Waals surface area contributed by atoms with Gasteiger partial charge in [-0.25, -0.2) is 19.7 Å². The molecule has 2 amide bonds. The van der Waals surface area contributed by atoms with E-state index < -0.39 is 17.8 Å². The van der Waals surface area contributed by atoms with Gasteiger partial charge >= 0.3 is 12.2 Å². The summed E-state index contributed by atoms with van der Waals surface area (Å²) < 4.78 is 37.7. The maximum absolute atomic E-state index is 12.6. The van der Waals surface area contributed by atoms with Gasteiger partial charge in [0.2, 0.25) is 5.95 Å². The van der Waals surface area contributed by atoms with Crippen LogP contribution in [0.5, 0.6) is 0 Å². The zero-order valence-electron chi connectivity index (χ0n) is 14.8. The first kappa shape index (κ1) is 19.5. The molecule has 3 N–H and O–H groups in total. The maximum Gasteiger partial charge on any atom is 0.416 e. The minimum Gasteiger partial charge on any atom is -0.357 e. The number of anilines is 3. The summed E-state index contributed by atoms with van der Waals surface area (Å²) >= 11 is 1.23. The fourth-order valence-corrected chi connectivity index (χ4v) is 3.23.